The molecule has 0 amide bonds. The van der Waals surface area contributed by atoms with E-state index in [1.54, 1.807) is 61.8 Å². The average molecular weight is 348 g/mol. The first-order valence-corrected chi connectivity index (χ1v) is 8.00. The summed E-state index contributed by atoms with van der Waals surface area (Å²) in [5, 5.41) is 3.12. The van der Waals surface area contributed by atoms with E-state index >= 15 is 0 Å². The fourth-order valence-electron chi connectivity index (χ4n) is 2.34. The van der Waals surface area contributed by atoms with Crippen LogP contribution in [-0.4, -0.2) is 17.9 Å². The molecule has 0 aliphatic rings. The van der Waals surface area contributed by atoms with Crippen molar-refractivity contribution < 1.29 is 13.9 Å². The van der Waals surface area contributed by atoms with Crippen molar-refractivity contribution in [1.82, 2.24) is 4.98 Å². The van der Waals surface area contributed by atoms with E-state index in [0.717, 1.165) is 5.56 Å². The van der Waals surface area contributed by atoms with Crippen LogP contribution in [0, 0.1) is 5.82 Å². The van der Waals surface area contributed by atoms with Gasteiger partial charge in [0.25, 0.3) is 0 Å². The molecular weight excluding hydrogens is 331 g/mol. The van der Waals surface area contributed by atoms with Gasteiger partial charge in [-0.2, -0.15) is 0 Å². The smallest absolute Gasteiger partial charge is 0.185 e. The van der Waals surface area contributed by atoms with Crippen LogP contribution in [0.1, 0.15) is 15.9 Å². The fourth-order valence-corrected chi connectivity index (χ4v) is 2.34. The number of pyridine rings is 1. The minimum atomic E-state index is -0.304. The van der Waals surface area contributed by atoms with Gasteiger partial charge in [-0.25, -0.2) is 9.37 Å². The van der Waals surface area contributed by atoms with E-state index in [9.17, 15) is 9.18 Å². The molecule has 0 unspecified atom stereocenters. The van der Waals surface area contributed by atoms with Gasteiger partial charge in [-0.1, -0.05) is 0 Å². The van der Waals surface area contributed by atoms with Crippen LogP contribution < -0.4 is 10.1 Å². The van der Waals surface area contributed by atoms with Crippen molar-refractivity contribution >= 4 is 23.4 Å². The lowest BCUT2D eigenvalue weighted by Gasteiger charge is -2.08. The Morgan fingerprint density at radius 3 is 2.50 bits per heavy atom. The number of carbonyl (C=O) groups is 1. The van der Waals surface area contributed by atoms with Crippen LogP contribution in [0.5, 0.6) is 5.75 Å². The summed E-state index contributed by atoms with van der Waals surface area (Å²) in [6.45, 7) is 0. The minimum Gasteiger partial charge on any atom is -0.497 e. The van der Waals surface area contributed by atoms with Crippen LogP contribution in [0.15, 0.2) is 72.9 Å². The Morgan fingerprint density at radius 1 is 1.08 bits per heavy atom. The topological polar surface area (TPSA) is 51.2 Å². The van der Waals surface area contributed by atoms with Gasteiger partial charge in [0.1, 0.15) is 17.4 Å². The Bertz CT molecular complexity index is 920. The summed E-state index contributed by atoms with van der Waals surface area (Å²) in [6.07, 6.45) is 4.84. The van der Waals surface area contributed by atoms with E-state index in [-0.39, 0.29) is 11.6 Å². The molecule has 0 radical (unpaired) electrons. The Hall–Kier alpha value is -3.47. The maximum atomic E-state index is 13.0. The predicted octanol–water partition coefficient (Wildman–Crippen LogP) is 4.87. The fraction of sp³-hybridized carbons (Fsp3) is 0.0476. The molecule has 1 N–H and O–H groups in total. The maximum Gasteiger partial charge on any atom is 0.185 e. The summed E-state index contributed by atoms with van der Waals surface area (Å²) in [7, 11) is 1.58. The Morgan fingerprint density at radius 2 is 1.81 bits per heavy atom. The number of nitrogens with zero attached hydrogens (tertiary/aromatic N) is 1. The summed E-state index contributed by atoms with van der Waals surface area (Å²) in [5.74, 6) is 0.854. The van der Waals surface area contributed by atoms with Crippen molar-refractivity contribution in [2.75, 3.05) is 12.4 Å². The van der Waals surface area contributed by atoms with E-state index in [1.165, 1.54) is 18.2 Å². The number of ketones is 1. The number of nitrogens with one attached hydrogen (secondary N) is 1. The Kier molecular flexibility index (Phi) is 5.39. The quantitative estimate of drug-likeness (QED) is 0.510. The lowest BCUT2D eigenvalue weighted by atomic mass is 10.1. The standard InChI is InChI=1S/C21H17FN2O2/c1-26-19-11-4-15(5-12-19)20(25)13-6-16-3-2-14-23-21(16)24-18-9-7-17(22)8-10-18/h2-14H,1H3,(H,23,24). The first-order chi connectivity index (χ1) is 12.7. The van der Waals surface area contributed by atoms with E-state index in [1.807, 2.05) is 6.07 Å². The molecule has 0 spiro atoms. The molecule has 0 atom stereocenters. The van der Waals surface area contributed by atoms with Gasteiger partial charge in [0.05, 0.1) is 7.11 Å². The number of halogens is 1. The number of hydrogen-bond donors (Lipinski definition) is 1. The zero-order valence-electron chi connectivity index (χ0n) is 14.1. The normalized spacial score (nSPS) is 10.7. The molecule has 5 heteroatoms. The third-order valence-electron chi connectivity index (χ3n) is 3.73. The van der Waals surface area contributed by atoms with Crippen molar-refractivity contribution in [2.45, 2.75) is 0 Å². The zero-order valence-corrected chi connectivity index (χ0v) is 14.1. The number of anilines is 2. The highest BCUT2D eigenvalue weighted by molar-refractivity contribution is 6.07. The molecule has 26 heavy (non-hydrogen) atoms. The summed E-state index contributed by atoms with van der Waals surface area (Å²) in [4.78, 5) is 16.6. The van der Waals surface area contributed by atoms with Gasteiger partial charge in [-0.3, -0.25) is 4.79 Å². The molecule has 0 aliphatic heterocycles. The number of rotatable bonds is 6. The second kappa shape index (κ2) is 8.07. The summed E-state index contributed by atoms with van der Waals surface area (Å²) in [6, 6.07) is 16.5. The first-order valence-electron chi connectivity index (χ1n) is 8.00. The number of allylic oxidation sites excluding steroid dienone is 1. The molecule has 1 aromatic heterocycles. The van der Waals surface area contributed by atoms with Crippen molar-refractivity contribution in [3.63, 3.8) is 0 Å². The monoisotopic (exact) mass is 348 g/mol. The van der Waals surface area contributed by atoms with Crippen molar-refractivity contribution in [3.05, 3.63) is 89.9 Å². The molecule has 130 valence electrons. The number of hydrogen-bond acceptors (Lipinski definition) is 4. The molecule has 0 aliphatic carbocycles. The van der Waals surface area contributed by atoms with Gasteiger partial charge in [0.15, 0.2) is 5.78 Å². The van der Waals surface area contributed by atoms with Crippen LogP contribution in [0.2, 0.25) is 0 Å². The molecule has 3 aromatic rings. The summed E-state index contributed by atoms with van der Waals surface area (Å²) >= 11 is 0. The van der Waals surface area contributed by atoms with Crippen LogP contribution >= 0.6 is 0 Å². The van der Waals surface area contributed by atoms with Crippen molar-refractivity contribution in [3.8, 4) is 5.75 Å². The largest absolute Gasteiger partial charge is 0.497 e. The van der Waals surface area contributed by atoms with E-state index in [4.69, 9.17) is 4.74 Å². The molecule has 0 fully saturated rings. The molecule has 0 saturated carbocycles. The van der Waals surface area contributed by atoms with Crippen molar-refractivity contribution in [1.29, 1.82) is 0 Å². The predicted molar refractivity (Wildman–Crippen MR) is 100 cm³/mol. The molecule has 0 bridgehead atoms. The molecule has 0 saturated heterocycles. The lowest BCUT2D eigenvalue weighted by Crippen LogP contribution is -1.97. The van der Waals surface area contributed by atoms with Gasteiger partial charge in [0, 0.05) is 23.0 Å². The maximum absolute atomic E-state index is 13.0. The number of methoxy groups -OCH3 is 1. The number of carbonyl (C=O) groups excluding carboxylic acids is 1. The second-order valence-corrected chi connectivity index (χ2v) is 5.50. The van der Waals surface area contributed by atoms with Crippen molar-refractivity contribution in [2.24, 2.45) is 0 Å². The van der Waals surface area contributed by atoms with E-state index in [2.05, 4.69) is 10.3 Å². The minimum absolute atomic E-state index is 0.121. The van der Waals surface area contributed by atoms with Gasteiger partial charge in [-0.15, -0.1) is 0 Å². The molecule has 3 rings (SSSR count). The van der Waals surface area contributed by atoms with Crippen LogP contribution in [0.25, 0.3) is 6.08 Å². The average Bonchev–Trinajstić information content (AvgIpc) is 2.69. The lowest BCUT2D eigenvalue weighted by molar-refractivity contribution is 0.104. The van der Waals surface area contributed by atoms with E-state index < -0.39 is 0 Å². The van der Waals surface area contributed by atoms with Crippen LogP contribution in [0.3, 0.4) is 0 Å². The molecule has 4 nitrogen and oxygen atoms in total. The SMILES string of the molecule is COc1ccc(C(=O)C=Cc2cccnc2Nc2ccc(F)cc2)cc1. The second-order valence-electron chi connectivity index (χ2n) is 5.50. The summed E-state index contributed by atoms with van der Waals surface area (Å²) in [5.41, 5.74) is 2.03. The van der Waals surface area contributed by atoms with Gasteiger partial charge in [-0.05, 0) is 72.8 Å². The van der Waals surface area contributed by atoms with Crippen LogP contribution in [0.4, 0.5) is 15.9 Å². The highest BCUT2D eigenvalue weighted by Crippen LogP contribution is 2.20. The third-order valence-corrected chi connectivity index (χ3v) is 3.73. The van der Waals surface area contributed by atoms with Gasteiger partial charge >= 0.3 is 0 Å². The highest BCUT2D eigenvalue weighted by Gasteiger charge is 2.05. The molecular formula is C21H17FN2O2. The zero-order chi connectivity index (χ0) is 18.4. The van der Waals surface area contributed by atoms with Gasteiger partial charge in [0.2, 0.25) is 0 Å². The molecule has 1 heterocycles. The summed E-state index contributed by atoms with van der Waals surface area (Å²) < 4.78 is 18.1. The highest BCUT2D eigenvalue weighted by atomic mass is 19.1. The van der Waals surface area contributed by atoms with Crippen LogP contribution in [-0.2, 0) is 0 Å². The van der Waals surface area contributed by atoms with E-state index in [0.29, 0.717) is 22.8 Å². The number of benzene rings is 2. The van der Waals surface area contributed by atoms with Gasteiger partial charge < -0.3 is 10.1 Å². The Balaban J connectivity index is 1.77. The third kappa shape index (κ3) is 4.33. The Labute approximate surface area is 151 Å². The number of aromatic nitrogens is 1. The molecule has 2 aromatic carbocycles. The number of ether oxygens (including phenoxy) is 1. The first kappa shape index (κ1) is 17.4.